The second kappa shape index (κ2) is 12.0. The Kier molecular flexibility index (Phi) is 8.59. The van der Waals surface area contributed by atoms with E-state index in [4.69, 9.17) is 4.74 Å². The van der Waals surface area contributed by atoms with E-state index >= 15 is 0 Å². The van der Waals surface area contributed by atoms with Gasteiger partial charge in [-0.1, -0.05) is 56.3 Å². The fourth-order valence-electron chi connectivity index (χ4n) is 4.74. The van der Waals surface area contributed by atoms with Crippen LogP contribution in [0.15, 0.2) is 78.4 Å². The quantitative estimate of drug-likeness (QED) is 0.220. The number of rotatable bonds is 10. The van der Waals surface area contributed by atoms with E-state index in [2.05, 4.69) is 4.90 Å². The second-order valence-corrected chi connectivity index (χ2v) is 9.33. The van der Waals surface area contributed by atoms with E-state index in [0.29, 0.717) is 36.6 Å². The maximum atomic E-state index is 13.7. The average Bonchev–Trinajstić information content (AvgIpc) is 3.18. The molecule has 0 radical (unpaired) electrons. The SMILES string of the molecule is CCN(CC)CCN1C(=O)C(=O)/C(=C(/O)c2ccc(OCc3ccccc3)c(C)c2)[C@H]1c1ccc(F)cc1. The Bertz CT molecular complexity index is 1320. The van der Waals surface area contributed by atoms with Gasteiger partial charge in [-0.05, 0) is 67.0 Å². The second-order valence-electron chi connectivity index (χ2n) is 9.33. The summed E-state index contributed by atoms with van der Waals surface area (Å²) in [6.45, 7) is 8.81. The highest BCUT2D eigenvalue weighted by Crippen LogP contribution is 2.39. The number of hydrogen-bond acceptors (Lipinski definition) is 5. The van der Waals surface area contributed by atoms with Gasteiger partial charge >= 0.3 is 0 Å². The smallest absolute Gasteiger partial charge is 0.295 e. The van der Waals surface area contributed by atoms with Gasteiger partial charge in [0.15, 0.2) is 0 Å². The van der Waals surface area contributed by atoms with Crippen molar-refractivity contribution in [1.29, 1.82) is 0 Å². The van der Waals surface area contributed by atoms with Crippen molar-refractivity contribution in [3.8, 4) is 5.75 Å². The number of halogens is 1. The largest absolute Gasteiger partial charge is 0.507 e. The van der Waals surface area contributed by atoms with Gasteiger partial charge in [0.25, 0.3) is 11.7 Å². The molecule has 198 valence electrons. The molecule has 3 aromatic rings. The van der Waals surface area contributed by atoms with Gasteiger partial charge in [-0.3, -0.25) is 9.59 Å². The van der Waals surface area contributed by atoms with Crippen molar-refractivity contribution < 1.29 is 23.8 Å². The lowest BCUT2D eigenvalue weighted by Gasteiger charge is -2.28. The Morgan fingerprint density at radius 3 is 2.32 bits per heavy atom. The molecule has 1 atom stereocenters. The van der Waals surface area contributed by atoms with Crippen LogP contribution < -0.4 is 4.74 Å². The van der Waals surface area contributed by atoms with Crippen molar-refractivity contribution in [1.82, 2.24) is 9.80 Å². The number of likely N-dealkylation sites (N-methyl/N-ethyl adjacent to an activating group) is 1. The highest BCUT2D eigenvalue weighted by Gasteiger charge is 2.46. The Labute approximate surface area is 223 Å². The van der Waals surface area contributed by atoms with Gasteiger partial charge in [-0.2, -0.15) is 0 Å². The minimum absolute atomic E-state index is 0.00138. The maximum Gasteiger partial charge on any atom is 0.295 e. The predicted octanol–water partition coefficient (Wildman–Crippen LogP) is 5.48. The van der Waals surface area contributed by atoms with E-state index in [0.717, 1.165) is 24.2 Å². The number of nitrogens with zero attached hydrogens (tertiary/aromatic N) is 2. The third-order valence-electron chi connectivity index (χ3n) is 6.96. The van der Waals surface area contributed by atoms with Gasteiger partial charge in [0.05, 0.1) is 11.6 Å². The molecular weight excluding hydrogens is 483 g/mol. The van der Waals surface area contributed by atoms with E-state index in [1.165, 1.54) is 17.0 Å². The van der Waals surface area contributed by atoms with Gasteiger partial charge in [0.1, 0.15) is 23.9 Å². The molecule has 0 unspecified atom stereocenters. The number of hydrogen-bond donors (Lipinski definition) is 1. The third kappa shape index (κ3) is 5.78. The van der Waals surface area contributed by atoms with Crippen molar-refractivity contribution >= 4 is 17.4 Å². The molecule has 3 aromatic carbocycles. The Morgan fingerprint density at radius 1 is 1.00 bits per heavy atom. The summed E-state index contributed by atoms with van der Waals surface area (Å²) >= 11 is 0. The number of likely N-dealkylation sites (tertiary alicyclic amines) is 1. The molecule has 38 heavy (non-hydrogen) atoms. The number of aliphatic hydroxyl groups excluding tert-OH is 1. The van der Waals surface area contributed by atoms with Crippen molar-refractivity contribution in [2.45, 2.75) is 33.4 Å². The fraction of sp³-hybridized carbons (Fsp3) is 0.290. The number of ether oxygens (including phenoxy) is 1. The van der Waals surface area contributed by atoms with Crippen LogP contribution in [0.4, 0.5) is 4.39 Å². The van der Waals surface area contributed by atoms with Crippen molar-refractivity contribution in [3.63, 3.8) is 0 Å². The predicted molar refractivity (Wildman–Crippen MR) is 145 cm³/mol. The average molecular weight is 517 g/mol. The lowest BCUT2D eigenvalue weighted by Crippen LogP contribution is -2.38. The van der Waals surface area contributed by atoms with Gasteiger partial charge in [-0.25, -0.2) is 4.39 Å². The number of carbonyl (C=O) groups excluding carboxylic acids is 2. The molecule has 4 rings (SSSR count). The van der Waals surface area contributed by atoms with E-state index in [9.17, 15) is 19.1 Å². The normalized spacial score (nSPS) is 16.9. The molecule has 6 nitrogen and oxygen atoms in total. The lowest BCUT2D eigenvalue weighted by atomic mass is 9.94. The van der Waals surface area contributed by atoms with Gasteiger partial charge in [-0.15, -0.1) is 0 Å². The van der Waals surface area contributed by atoms with Crippen LogP contribution in [-0.4, -0.2) is 52.8 Å². The molecule has 1 saturated heterocycles. The lowest BCUT2D eigenvalue weighted by molar-refractivity contribution is -0.140. The van der Waals surface area contributed by atoms with Crippen LogP contribution in [0, 0.1) is 12.7 Å². The van der Waals surface area contributed by atoms with Crippen LogP contribution in [0.1, 0.15) is 42.1 Å². The first-order valence-electron chi connectivity index (χ1n) is 12.9. The molecule has 0 aliphatic carbocycles. The number of aliphatic hydroxyl groups is 1. The molecule has 0 bridgehead atoms. The molecule has 0 spiro atoms. The van der Waals surface area contributed by atoms with E-state index < -0.39 is 23.5 Å². The van der Waals surface area contributed by atoms with Crippen LogP contribution in [0.3, 0.4) is 0 Å². The van der Waals surface area contributed by atoms with Crippen LogP contribution in [0.2, 0.25) is 0 Å². The summed E-state index contributed by atoms with van der Waals surface area (Å²) in [5.41, 5.74) is 2.77. The maximum absolute atomic E-state index is 13.7. The molecule has 1 aliphatic heterocycles. The number of amides is 1. The van der Waals surface area contributed by atoms with Gasteiger partial charge in [0, 0.05) is 18.7 Å². The Hall–Kier alpha value is -3.97. The summed E-state index contributed by atoms with van der Waals surface area (Å²) in [4.78, 5) is 30.0. The summed E-state index contributed by atoms with van der Waals surface area (Å²) in [6.07, 6.45) is 0. The zero-order valence-corrected chi connectivity index (χ0v) is 22.0. The van der Waals surface area contributed by atoms with E-state index in [1.54, 1.807) is 30.3 Å². The summed E-state index contributed by atoms with van der Waals surface area (Å²) in [5, 5.41) is 11.4. The van der Waals surface area contributed by atoms with Crippen molar-refractivity contribution in [2.75, 3.05) is 26.2 Å². The highest BCUT2D eigenvalue weighted by atomic mass is 19.1. The first-order valence-corrected chi connectivity index (χ1v) is 12.9. The molecular formula is C31H33FN2O4. The molecule has 1 amide bonds. The van der Waals surface area contributed by atoms with E-state index in [-0.39, 0.29) is 11.3 Å². The minimum Gasteiger partial charge on any atom is -0.507 e. The molecule has 0 aromatic heterocycles. The zero-order chi connectivity index (χ0) is 27.2. The zero-order valence-electron chi connectivity index (χ0n) is 22.0. The first kappa shape index (κ1) is 27.1. The Morgan fingerprint density at radius 2 is 1.68 bits per heavy atom. The van der Waals surface area contributed by atoms with Gasteiger partial charge < -0.3 is 19.6 Å². The molecule has 1 heterocycles. The summed E-state index contributed by atoms with van der Waals surface area (Å²) in [6, 6.07) is 19.8. The van der Waals surface area contributed by atoms with Crippen LogP contribution in [0.25, 0.3) is 5.76 Å². The standard InChI is InChI=1S/C31H33FN2O4/c1-4-33(5-2)17-18-34-28(23-11-14-25(32)15-12-23)27(30(36)31(34)37)29(35)24-13-16-26(21(3)19-24)38-20-22-9-7-6-8-10-22/h6-16,19,28,35H,4-5,17-18,20H2,1-3H3/b29-27+/t28-/m1/s1. The van der Waals surface area contributed by atoms with Crippen LogP contribution in [0.5, 0.6) is 5.75 Å². The third-order valence-corrected chi connectivity index (χ3v) is 6.96. The van der Waals surface area contributed by atoms with Crippen LogP contribution in [-0.2, 0) is 16.2 Å². The molecule has 7 heteroatoms. The summed E-state index contributed by atoms with van der Waals surface area (Å²) in [5.74, 6) is -1.46. The number of carbonyl (C=O) groups is 2. The highest BCUT2D eigenvalue weighted by molar-refractivity contribution is 6.46. The number of aryl methyl sites for hydroxylation is 1. The topological polar surface area (TPSA) is 70.1 Å². The molecule has 1 N–H and O–H groups in total. The number of ketones is 1. The molecule has 1 fully saturated rings. The number of Topliss-reactive ketones (excluding diaryl/α,β-unsaturated/α-hetero) is 1. The minimum atomic E-state index is -0.819. The van der Waals surface area contributed by atoms with Crippen molar-refractivity contribution in [2.24, 2.45) is 0 Å². The van der Waals surface area contributed by atoms with Crippen LogP contribution >= 0.6 is 0 Å². The fourth-order valence-corrected chi connectivity index (χ4v) is 4.74. The van der Waals surface area contributed by atoms with Crippen molar-refractivity contribution in [3.05, 3.63) is 106 Å². The first-order chi connectivity index (χ1) is 18.3. The van der Waals surface area contributed by atoms with E-state index in [1.807, 2.05) is 51.1 Å². The number of benzene rings is 3. The Balaban J connectivity index is 1.68. The summed E-state index contributed by atoms with van der Waals surface area (Å²) < 4.78 is 19.7. The molecule has 0 saturated carbocycles. The van der Waals surface area contributed by atoms with Gasteiger partial charge in [0.2, 0.25) is 0 Å². The molecule has 1 aliphatic rings. The monoisotopic (exact) mass is 516 g/mol. The summed E-state index contributed by atoms with van der Waals surface area (Å²) in [7, 11) is 0.